The van der Waals surface area contributed by atoms with E-state index in [4.69, 9.17) is 14.2 Å². The van der Waals surface area contributed by atoms with Crippen molar-refractivity contribution < 1.29 is 9.26 Å². The molecular formula is C24H20N4O3S2. The van der Waals surface area contributed by atoms with E-state index in [0.29, 0.717) is 46.7 Å². The third kappa shape index (κ3) is 4.69. The van der Waals surface area contributed by atoms with Gasteiger partial charge in [0.1, 0.15) is 5.75 Å². The SMILES string of the molecule is CCOc1ccc(-c2noc(CSc3nc4ccccc4c(=O)n3Cc3cccs3)n2)cc1. The minimum absolute atomic E-state index is 0.0582. The highest BCUT2D eigenvalue weighted by Gasteiger charge is 2.15. The van der Waals surface area contributed by atoms with Gasteiger partial charge in [0, 0.05) is 10.4 Å². The Morgan fingerprint density at radius 3 is 2.70 bits per heavy atom. The Labute approximate surface area is 198 Å². The fourth-order valence-corrected chi connectivity index (χ4v) is 4.91. The van der Waals surface area contributed by atoms with Gasteiger partial charge in [-0.3, -0.25) is 9.36 Å². The van der Waals surface area contributed by atoms with Crippen LogP contribution in [0.4, 0.5) is 0 Å². The van der Waals surface area contributed by atoms with E-state index >= 15 is 0 Å². The van der Waals surface area contributed by atoms with Crippen LogP contribution >= 0.6 is 23.1 Å². The molecule has 0 amide bonds. The number of thioether (sulfide) groups is 1. The van der Waals surface area contributed by atoms with E-state index in [1.54, 1.807) is 15.9 Å². The molecule has 0 fully saturated rings. The number of para-hydroxylation sites is 1. The Hall–Kier alpha value is -3.43. The quantitative estimate of drug-likeness (QED) is 0.223. The third-order valence-electron chi connectivity index (χ3n) is 4.94. The second kappa shape index (κ2) is 9.60. The largest absolute Gasteiger partial charge is 0.494 e. The number of thiophene rings is 1. The highest BCUT2D eigenvalue weighted by molar-refractivity contribution is 7.98. The van der Waals surface area contributed by atoms with E-state index in [2.05, 4.69) is 10.1 Å². The minimum Gasteiger partial charge on any atom is -0.494 e. The lowest BCUT2D eigenvalue weighted by Crippen LogP contribution is -2.23. The molecule has 0 unspecified atom stereocenters. The molecule has 0 saturated carbocycles. The van der Waals surface area contributed by atoms with Crippen molar-refractivity contribution >= 4 is 34.0 Å². The zero-order valence-corrected chi connectivity index (χ0v) is 19.4. The number of benzene rings is 2. The summed E-state index contributed by atoms with van der Waals surface area (Å²) in [6.45, 7) is 3.03. The first-order valence-corrected chi connectivity index (χ1v) is 12.3. The maximum Gasteiger partial charge on any atom is 0.262 e. The number of hydrogen-bond donors (Lipinski definition) is 0. The van der Waals surface area contributed by atoms with E-state index in [1.807, 2.05) is 73.0 Å². The first kappa shape index (κ1) is 21.4. The maximum absolute atomic E-state index is 13.2. The summed E-state index contributed by atoms with van der Waals surface area (Å²) in [7, 11) is 0. The van der Waals surface area contributed by atoms with Gasteiger partial charge in [0.15, 0.2) is 5.16 Å². The molecule has 5 rings (SSSR count). The van der Waals surface area contributed by atoms with E-state index in [1.165, 1.54) is 11.8 Å². The Bertz CT molecular complexity index is 1430. The van der Waals surface area contributed by atoms with Gasteiger partial charge in [-0.25, -0.2) is 4.98 Å². The van der Waals surface area contributed by atoms with Gasteiger partial charge in [-0.05, 0) is 54.8 Å². The summed E-state index contributed by atoms with van der Waals surface area (Å²) in [6.07, 6.45) is 0. The molecule has 166 valence electrons. The van der Waals surface area contributed by atoms with Gasteiger partial charge in [0.25, 0.3) is 5.56 Å². The Morgan fingerprint density at radius 1 is 1.06 bits per heavy atom. The molecule has 2 aromatic carbocycles. The lowest BCUT2D eigenvalue weighted by atomic mass is 10.2. The number of rotatable bonds is 8. The van der Waals surface area contributed by atoms with Crippen LogP contribution in [0.5, 0.6) is 5.75 Å². The van der Waals surface area contributed by atoms with E-state index in [-0.39, 0.29) is 5.56 Å². The molecular weight excluding hydrogens is 456 g/mol. The van der Waals surface area contributed by atoms with E-state index in [0.717, 1.165) is 16.2 Å². The lowest BCUT2D eigenvalue weighted by Gasteiger charge is -2.11. The highest BCUT2D eigenvalue weighted by atomic mass is 32.2. The van der Waals surface area contributed by atoms with Crippen LogP contribution in [0, 0.1) is 0 Å². The molecule has 0 spiro atoms. The van der Waals surface area contributed by atoms with Crippen LogP contribution in [0.3, 0.4) is 0 Å². The molecule has 0 aliphatic rings. The van der Waals surface area contributed by atoms with Gasteiger partial charge in [0.05, 0.1) is 29.8 Å². The van der Waals surface area contributed by atoms with Gasteiger partial charge in [-0.15, -0.1) is 11.3 Å². The summed E-state index contributed by atoms with van der Waals surface area (Å²) in [4.78, 5) is 23.6. The first-order valence-electron chi connectivity index (χ1n) is 10.4. The molecule has 5 aromatic rings. The van der Waals surface area contributed by atoms with E-state index < -0.39 is 0 Å². The normalized spacial score (nSPS) is 11.2. The molecule has 0 atom stereocenters. The van der Waals surface area contributed by atoms with Crippen molar-refractivity contribution in [1.82, 2.24) is 19.7 Å². The average Bonchev–Trinajstić information content (AvgIpc) is 3.53. The number of hydrogen-bond acceptors (Lipinski definition) is 8. The smallest absolute Gasteiger partial charge is 0.262 e. The second-order valence-electron chi connectivity index (χ2n) is 7.14. The van der Waals surface area contributed by atoms with E-state index in [9.17, 15) is 4.79 Å². The minimum atomic E-state index is -0.0582. The second-order valence-corrected chi connectivity index (χ2v) is 9.11. The zero-order valence-electron chi connectivity index (χ0n) is 17.8. The van der Waals surface area contributed by atoms with Crippen molar-refractivity contribution in [2.45, 2.75) is 24.4 Å². The van der Waals surface area contributed by atoms with Crippen LogP contribution in [0.25, 0.3) is 22.3 Å². The molecule has 0 aliphatic carbocycles. The lowest BCUT2D eigenvalue weighted by molar-refractivity contribution is 0.340. The van der Waals surface area contributed by atoms with Crippen LogP contribution < -0.4 is 10.3 Å². The zero-order chi connectivity index (χ0) is 22.6. The number of nitrogens with zero attached hydrogens (tertiary/aromatic N) is 4. The van der Waals surface area contributed by atoms with Crippen LogP contribution in [-0.2, 0) is 12.3 Å². The molecule has 7 nitrogen and oxygen atoms in total. The van der Waals surface area contributed by atoms with Gasteiger partial charge in [-0.2, -0.15) is 4.98 Å². The molecule has 33 heavy (non-hydrogen) atoms. The number of aromatic nitrogens is 4. The summed E-state index contributed by atoms with van der Waals surface area (Å²) in [6, 6.07) is 19.0. The Kier molecular flexibility index (Phi) is 6.23. The summed E-state index contributed by atoms with van der Waals surface area (Å²) in [5.41, 5.74) is 1.46. The summed E-state index contributed by atoms with van der Waals surface area (Å²) in [5.74, 6) is 2.18. The van der Waals surface area contributed by atoms with Gasteiger partial charge in [-0.1, -0.05) is 35.1 Å². The van der Waals surface area contributed by atoms with Crippen molar-refractivity contribution in [3.8, 4) is 17.1 Å². The fraction of sp³-hybridized carbons (Fsp3) is 0.167. The summed E-state index contributed by atoms with van der Waals surface area (Å²) >= 11 is 3.02. The van der Waals surface area contributed by atoms with Crippen LogP contribution in [-0.4, -0.2) is 26.3 Å². The fourth-order valence-electron chi connectivity index (χ4n) is 3.38. The van der Waals surface area contributed by atoms with Crippen molar-refractivity contribution in [2.24, 2.45) is 0 Å². The van der Waals surface area contributed by atoms with Crippen molar-refractivity contribution in [3.63, 3.8) is 0 Å². The monoisotopic (exact) mass is 476 g/mol. The number of ether oxygens (including phenoxy) is 1. The van der Waals surface area contributed by atoms with Crippen molar-refractivity contribution in [2.75, 3.05) is 6.61 Å². The summed E-state index contributed by atoms with van der Waals surface area (Å²) in [5, 5.41) is 7.32. The maximum atomic E-state index is 13.2. The average molecular weight is 477 g/mol. The molecule has 0 aliphatic heterocycles. The summed E-state index contributed by atoms with van der Waals surface area (Å²) < 4.78 is 12.6. The molecule has 0 radical (unpaired) electrons. The Morgan fingerprint density at radius 2 is 1.91 bits per heavy atom. The predicted octanol–water partition coefficient (Wildman–Crippen LogP) is 5.25. The molecule has 3 aromatic heterocycles. The van der Waals surface area contributed by atoms with Gasteiger partial charge in [0.2, 0.25) is 11.7 Å². The van der Waals surface area contributed by atoms with Crippen molar-refractivity contribution in [3.05, 3.63) is 87.2 Å². The Balaban J connectivity index is 1.40. The molecule has 9 heteroatoms. The molecule has 0 N–H and O–H groups in total. The molecule has 0 saturated heterocycles. The topological polar surface area (TPSA) is 83.0 Å². The highest BCUT2D eigenvalue weighted by Crippen LogP contribution is 2.25. The molecule has 0 bridgehead atoms. The number of fused-ring (bicyclic) bond motifs is 1. The first-order chi connectivity index (χ1) is 16.2. The molecule has 3 heterocycles. The predicted molar refractivity (Wildman–Crippen MR) is 130 cm³/mol. The third-order valence-corrected chi connectivity index (χ3v) is 6.76. The van der Waals surface area contributed by atoms with Crippen LogP contribution in [0.1, 0.15) is 17.7 Å². The van der Waals surface area contributed by atoms with Crippen LogP contribution in [0.15, 0.2) is 80.5 Å². The van der Waals surface area contributed by atoms with Gasteiger partial charge < -0.3 is 9.26 Å². The van der Waals surface area contributed by atoms with Gasteiger partial charge >= 0.3 is 0 Å². The van der Waals surface area contributed by atoms with Crippen molar-refractivity contribution in [1.29, 1.82) is 0 Å². The standard InChI is InChI=1S/C24H20N4O3S2/c1-2-30-17-11-9-16(10-12-17)22-26-21(31-27-22)15-33-24-25-20-8-4-3-7-19(20)23(29)28(24)14-18-6-5-13-32-18/h3-13H,2,14-15H2,1H3. The van der Waals surface area contributed by atoms with Crippen LogP contribution in [0.2, 0.25) is 0 Å².